The number of aryl methyl sites for hydroxylation is 1. The van der Waals surface area contributed by atoms with E-state index < -0.39 is 9.84 Å². The topological polar surface area (TPSA) is 89.0 Å². The second kappa shape index (κ2) is 11.1. The van der Waals surface area contributed by atoms with Crippen LogP contribution in [0.15, 0.2) is 28.1 Å². The average molecular weight is 372 g/mol. The number of methoxy groups -OCH3 is 1. The number of sulfone groups is 1. The van der Waals surface area contributed by atoms with Crippen LogP contribution in [0.5, 0.6) is 0 Å². The summed E-state index contributed by atoms with van der Waals surface area (Å²) in [6.07, 6.45) is 2.09. The monoisotopic (exact) mass is 371 g/mol. The van der Waals surface area contributed by atoms with E-state index in [4.69, 9.17) is 9.47 Å². The lowest BCUT2D eigenvalue weighted by Crippen LogP contribution is -2.37. The minimum atomic E-state index is -3.19. The van der Waals surface area contributed by atoms with Gasteiger partial charge in [0.05, 0.1) is 18.1 Å². The number of ether oxygens (including phenoxy) is 2. The summed E-state index contributed by atoms with van der Waals surface area (Å²) in [5, 5.41) is 6.42. The Morgan fingerprint density at radius 2 is 1.96 bits per heavy atom. The predicted octanol–water partition coefficient (Wildman–Crippen LogP) is 1.12. The normalized spacial score (nSPS) is 12.2. The molecule has 0 aliphatic heterocycles. The maximum absolute atomic E-state index is 11.6. The molecule has 0 heterocycles. The number of nitrogens with one attached hydrogen (secondary N) is 2. The Bertz CT molecular complexity index is 660. The lowest BCUT2D eigenvalue weighted by molar-refractivity contribution is 0.0698. The van der Waals surface area contributed by atoms with Crippen molar-refractivity contribution in [2.45, 2.75) is 24.8 Å². The number of benzene rings is 1. The van der Waals surface area contributed by atoms with Gasteiger partial charge in [-0.25, -0.2) is 8.42 Å². The van der Waals surface area contributed by atoms with Crippen LogP contribution in [-0.4, -0.2) is 61.2 Å². The molecule has 1 aromatic carbocycles. The molecule has 8 heteroatoms. The van der Waals surface area contributed by atoms with E-state index in [9.17, 15) is 8.42 Å². The quantitative estimate of drug-likeness (QED) is 0.364. The first kappa shape index (κ1) is 21.4. The van der Waals surface area contributed by atoms with Crippen molar-refractivity contribution in [2.75, 3.05) is 46.8 Å². The highest BCUT2D eigenvalue weighted by molar-refractivity contribution is 7.90. The van der Waals surface area contributed by atoms with Crippen LogP contribution in [0.4, 0.5) is 0 Å². The van der Waals surface area contributed by atoms with Crippen LogP contribution in [0.2, 0.25) is 0 Å². The maximum Gasteiger partial charge on any atom is 0.191 e. The van der Waals surface area contributed by atoms with Crippen LogP contribution in [0.25, 0.3) is 0 Å². The van der Waals surface area contributed by atoms with Gasteiger partial charge in [0.1, 0.15) is 0 Å². The molecule has 0 radical (unpaired) electrons. The zero-order valence-corrected chi connectivity index (χ0v) is 16.3. The van der Waals surface area contributed by atoms with Gasteiger partial charge in [-0.3, -0.25) is 4.99 Å². The van der Waals surface area contributed by atoms with E-state index >= 15 is 0 Å². The third kappa shape index (κ3) is 8.33. The van der Waals surface area contributed by atoms with Crippen molar-refractivity contribution in [3.63, 3.8) is 0 Å². The minimum Gasteiger partial charge on any atom is -0.382 e. The van der Waals surface area contributed by atoms with Crippen molar-refractivity contribution < 1.29 is 17.9 Å². The molecule has 0 aromatic heterocycles. The molecule has 0 spiro atoms. The van der Waals surface area contributed by atoms with Crippen LogP contribution in [0, 0.1) is 6.92 Å². The van der Waals surface area contributed by atoms with Crippen LogP contribution < -0.4 is 10.6 Å². The molecule has 1 rings (SSSR count). The summed E-state index contributed by atoms with van der Waals surface area (Å²) < 4.78 is 33.6. The van der Waals surface area contributed by atoms with Gasteiger partial charge in [-0.15, -0.1) is 0 Å². The van der Waals surface area contributed by atoms with E-state index in [0.29, 0.717) is 37.2 Å². The smallest absolute Gasteiger partial charge is 0.191 e. The number of hydrogen-bond donors (Lipinski definition) is 2. The van der Waals surface area contributed by atoms with E-state index in [1.54, 1.807) is 27.1 Å². The Kier molecular flexibility index (Phi) is 9.48. The summed E-state index contributed by atoms with van der Waals surface area (Å²) >= 11 is 0. The van der Waals surface area contributed by atoms with Gasteiger partial charge in [-0.05, 0) is 30.5 Å². The van der Waals surface area contributed by atoms with Gasteiger partial charge in [0, 0.05) is 40.1 Å². The van der Waals surface area contributed by atoms with Crippen molar-refractivity contribution in [3.05, 3.63) is 29.3 Å². The fourth-order valence-corrected chi connectivity index (χ4v) is 3.23. The number of hydrogen-bond acceptors (Lipinski definition) is 5. The second-order valence-electron chi connectivity index (χ2n) is 5.68. The number of guanidine groups is 1. The Hall–Kier alpha value is -1.64. The minimum absolute atomic E-state index is 0.368. The third-order valence-corrected chi connectivity index (χ3v) is 4.77. The largest absolute Gasteiger partial charge is 0.382 e. The first-order valence-electron chi connectivity index (χ1n) is 8.19. The Labute approximate surface area is 150 Å². The fraction of sp³-hybridized carbons (Fsp3) is 0.588. The van der Waals surface area contributed by atoms with Crippen molar-refractivity contribution in [3.8, 4) is 0 Å². The van der Waals surface area contributed by atoms with E-state index in [0.717, 1.165) is 24.1 Å². The van der Waals surface area contributed by atoms with Crippen molar-refractivity contribution in [1.29, 1.82) is 0 Å². The Morgan fingerprint density at radius 3 is 2.56 bits per heavy atom. The third-order valence-electron chi connectivity index (χ3n) is 3.51. The molecule has 0 fully saturated rings. The Morgan fingerprint density at radius 1 is 1.20 bits per heavy atom. The highest BCUT2D eigenvalue weighted by Gasteiger charge is 2.10. The molecule has 142 valence electrons. The van der Waals surface area contributed by atoms with Gasteiger partial charge in [0.15, 0.2) is 15.8 Å². The van der Waals surface area contributed by atoms with Gasteiger partial charge >= 0.3 is 0 Å². The molecule has 0 bridgehead atoms. The highest BCUT2D eigenvalue weighted by Crippen LogP contribution is 2.16. The van der Waals surface area contributed by atoms with Gasteiger partial charge in [0.2, 0.25) is 0 Å². The van der Waals surface area contributed by atoms with Crippen LogP contribution in [-0.2, 0) is 25.9 Å². The predicted molar refractivity (Wildman–Crippen MR) is 99.8 cm³/mol. The summed E-state index contributed by atoms with van der Waals surface area (Å²) in [7, 11) is 0.174. The molecule has 0 saturated heterocycles. The number of rotatable bonds is 10. The van der Waals surface area contributed by atoms with E-state index in [1.807, 2.05) is 12.1 Å². The lowest BCUT2D eigenvalue weighted by atomic mass is 10.1. The first-order valence-corrected chi connectivity index (χ1v) is 10.1. The molecule has 0 atom stereocenters. The molecule has 0 saturated carbocycles. The van der Waals surface area contributed by atoms with E-state index in [1.165, 1.54) is 6.26 Å². The molecular formula is C17H29N3O4S. The van der Waals surface area contributed by atoms with Crippen LogP contribution >= 0.6 is 0 Å². The fourth-order valence-electron chi connectivity index (χ4n) is 2.27. The molecule has 1 aromatic rings. The second-order valence-corrected chi connectivity index (χ2v) is 7.67. The average Bonchev–Trinajstić information content (AvgIpc) is 2.55. The zero-order valence-electron chi connectivity index (χ0n) is 15.5. The Balaban J connectivity index is 2.39. The summed E-state index contributed by atoms with van der Waals surface area (Å²) in [4.78, 5) is 4.54. The molecular weight excluding hydrogens is 342 g/mol. The SMILES string of the molecule is CN=C(NCCCOCCOC)NCc1ccc(S(C)(=O)=O)c(C)c1. The van der Waals surface area contributed by atoms with Gasteiger partial charge in [-0.2, -0.15) is 0 Å². The highest BCUT2D eigenvalue weighted by atomic mass is 32.2. The lowest BCUT2D eigenvalue weighted by Gasteiger charge is -2.13. The summed E-state index contributed by atoms with van der Waals surface area (Å²) in [5.74, 6) is 0.696. The summed E-state index contributed by atoms with van der Waals surface area (Å²) in [6, 6.07) is 5.34. The summed E-state index contributed by atoms with van der Waals surface area (Å²) in [5.41, 5.74) is 1.74. The molecule has 0 amide bonds. The number of nitrogens with zero attached hydrogens (tertiary/aromatic N) is 1. The van der Waals surface area contributed by atoms with Crippen molar-refractivity contribution in [2.24, 2.45) is 4.99 Å². The molecule has 0 unspecified atom stereocenters. The van der Waals surface area contributed by atoms with Gasteiger partial charge in [-0.1, -0.05) is 12.1 Å². The molecule has 0 aliphatic carbocycles. The molecule has 0 aliphatic rings. The van der Waals surface area contributed by atoms with Gasteiger partial charge < -0.3 is 20.1 Å². The molecule has 2 N–H and O–H groups in total. The zero-order chi connectivity index (χ0) is 18.7. The van der Waals surface area contributed by atoms with E-state index in [2.05, 4.69) is 15.6 Å². The first-order chi connectivity index (χ1) is 11.9. The van der Waals surface area contributed by atoms with Crippen LogP contribution in [0.3, 0.4) is 0 Å². The molecule has 7 nitrogen and oxygen atoms in total. The number of aliphatic imine (C=N–C) groups is 1. The van der Waals surface area contributed by atoms with E-state index in [-0.39, 0.29) is 0 Å². The summed E-state index contributed by atoms with van der Waals surface area (Å²) in [6.45, 7) is 4.99. The molecule has 25 heavy (non-hydrogen) atoms. The standard InChI is InChI=1S/C17H29N3O4S/c1-14-12-15(6-7-16(14)25(4,21)22)13-20-17(18-2)19-8-5-9-24-11-10-23-3/h6-7,12H,5,8-11,13H2,1-4H3,(H2,18,19,20). The van der Waals surface area contributed by atoms with Crippen molar-refractivity contribution >= 4 is 15.8 Å². The maximum atomic E-state index is 11.6. The van der Waals surface area contributed by atoms with Gasteiger partial charge in [0.25, 0.3) is 0 Å². The van der Waals surface area contributed by atoms with Crippen LogP contribution in [0.1, 0.15) is 17.5 Å². The van der Waals surface area contributed by atoms with Crippen molar-refractivity contribution in [1.82, 2.24) is 10.6 Å².